The minimum atomic E-state index is -0.413. The summed E-state index contributed by atoms with van der Waals surface area (Å²) in [7, 11) is 1.56. The fraction of sp³-hybridized carbons (Fsp3) is 0.154. The zero-order chi connectivity index (χ0) is 13.0. The number of halogens is 2. The standard InChI is InChI=1S/C13H12ClFN2O/c1-18-12-6-5-10(8-17-12)16-7-9-3-2-4-11(15)13(9)14/h2-6,8,16H,7H2,1H3. The number of nitrogens with one attached hydrogen (secondary N) is 1. The van der Waals surface area contributed by atoms with Crippen LogP contribution in [-0.2, 0) is 6.54 Å². The molecule has 0 aliphatic heterocycles. The molecule has 2 aromatic rings. The smallest absolute Gasteiger partial charge is 0.213 e. The van der Waals surface area contributed by atoms with Gasteiger partial charge < -0.3 is 10.1 Å². The summed E-state index contributed by atoms with van der Waals surface area (Å²) in [5, 5.41) is 3.26. The number of benzene rings is 1. The van der Waals surface area contributed by atoms with Gasteiger partial charge in [0.1, 0.15) is 5.82 Å². The van der Waals surface area contributed by atoms with Crippen LogP contribution in [0.15, 0.2) is 36.5 Å². The number of ether oxygens (including phenoxy) is 1. The number of hydrogen-bond acceptors (Lipinski definition) is 3. The molecule has 0 unspecified atom stereocenters. The van der Waals surface area contributed by atoms with Crippen LogP contribution in [0.3, 0.4) is 0 Å². The normalized spacial score (nSPS) is 10.2. The molecule has 0 amide bonds. The quantitative estimate of drug-likeness (QED) is 0.920. The molecule has 0 saturated heterocycles. The van der Waals surface area contributed by atoms with E-state index in [0.717, 1.165) is 5.69 Å². The van der Waals surface area contributed by atoms with Crippen LogP contribution in [0.2, 0.25) is 5.02 Å². The number of pyridine rings is 1. The molecule has 1 aromatic carbocycles. The van der Waals surface area contributed by atoms with Crippen LogP contribution in [0, 0.1) is 5.82 Å². The summed E-state index contributed by atoms with van der Waals surface area (Å²) < 4.78 is 18.2. The summed E-state index contributed by atoms with van der Waals surface area (Å²) in [6.45, 7) is 0.435. The molecule has 1 aromatic heterocycles. The number of rotatable bonds is 4. The molecule has 0 saturated carbocycles. The van der Waals surface area contributed by atoms with E-state index in [1.165, 1.54) is 6.07 Å². The first kappa shape index (κ1) is 12.6. The maximum absolute atomic E-state index is 13.2. The van der Waals surface area contributed by atoms with E-state index >= 15 is 0 Å². The first-order valence-electron chi connectivity index (χ1n) is 5.37. The second kappa shape index (κ2) is 5.69. The summed E-state index contributed by atoms with van der Waals surface area (Å²) >= 11 is 5.86. The van der Waals surface area contributed by atoms with Crippen molar-refractivity contribution in [1.29, 1.82) is 0 Å². The largest absolute Gasteiger partial charge is 0.481 e. The van der Waals surface area contributed by atoms with Gasteiger partial charge in [-0.1, -0.05) is 23.7 Å². The zero-order valence-corrected chi connectivity index (χ0v) is 10.5. The molecule has 0 bridgehead atoms. The van der Waals surface area contributed by atoms with Gasteiger partial charge in [-0.05, 0) is 17.7 Å². The molecule has 2 rings (SSSR count). The summed E-state index contributed by atoms with van der Waals surface area (Å²) in [6.07, 6.45) is 1.64. The molecule has 18 heavy (non-hydrogen) atoms. The fourth-order valence-corrected chi connectivity index (χ4v) is 1.68. The summed E-state index contributed by atoms with van der Waals surface area (Å²) in [6, 6.07) is 8.31. The summed E-state index contributed by atoms with van der Waals surface area (Å²) in [5.74, 6) is 0.133. The van der Waals surface area contributed by atoms with Crippen molar-refractivity contribution in [3.8, 4) is 5.88 Å². The van der Waals surface area contributed by atoms with Crippen LogP contribution in [-0.4, -0.2) is 12.1 Å². The summed E-state index contributed by atoms with van der Waals surface area (Å²) in [4.78, 5) is 4.06. The van der Waals surface area contributed by atoms with Crippen LogP contribution in [0.5, 0.6) is 5.88 Å². The van der Waals surface area contributed by atoms with Crippen LogP contribution in [0.25, 0.3) is 0 Å². The third kappa shape index (κ3) is 2.90. The van der Waals surface area contributed by atoms with Crippen molar-refractivity contribution in [2.24, 2.45) is 0 Å². The number of nitrogens with zero attached hydrogens (tertiary/aromatic N) is 1. The van der Waals surface area contributed by atoms with Gasteiger partial charge in [0.2, 0.25) is 5.88 Å². The highest BCUT2D eigenvalue weighted by Crippen LogP contribution is 2.21. The van der Waals surface area contributed by atoms with Gasteiger partial charge in [-0.25, -0.2) is 9.37 Å². The first-order valence-corrected chi connectivity index (χ1v) is 5.75. The van der Waals surface area contributed by atoms with Crippen molar-refractivity contribution >= 4 is 17.3 Å². The number of methoxy groups -OCH3 is 1. The Hall–Kier alpha value is -1.81. The lowest BCUT2D eigenvalue weighted by molar-refractivity contribution is 0.398. The van der Waals surface area contributed by atoms with Crippen LogP contribution in [0.4, 0.5) is 10.1 Å². The predicted molar refractivity (Wildman–Crippen MR) is 69.5 cm³/mol. The number of anilines is 1. The third-order valence-electron chi connectivity index (χ3n) is 2.46. The highest BCUT2D eigenvalue weighted by atomic mass is 35.5. The van der Waals surface area contributed by atoms with Crippen molar-refractivity contribution in [2.45, 2.75) is 6.54 Å². The minimum Gasteiger partial charge on any atom is -0.481 e. The first-order chi connectivity index (χ1) is 8.70. The van der Waals surface area contributed by atoms with E-state index in [9.17, 15) is 4.39 Å². The summed E-state index contributed by atoms with van der Waals surface area (Å²) in [5.41, 5.74) is 1.52. The van der Waals surface area contributed by atoms with Crippen molar-refractivity contribution < 1.29 is 9.13 Å². The number of aromatic nitrogens is 1. The molecular formula is C13H12ClFN2O. The van der Waals surface area contributed by atoms with E-state index in [1.54, 1.807) is 31.5 Å². The molecule has 0 aliphatic rings. The second-order valence-electron chi connectivity index (χ2n) is 3.66. The van der Waals surface area contributed by atoms with Gasteiger partial charge in [0, 0.05) is 12.6 Å². The van der Waals surface area contributed by atoms with Crippen molar-refractivity contribution in [1.82, 2.24) is 4.98 Å². The molecule has 0 atom stereocenters. The maximum Gasteiger partial charge on any atom is 0.213 e. The van der Waals surface area contributed by atoms with Crippen molar-refractivity contribution in [2.75, 3.05) is 12.4 Å². The molecule has 0 fully saturated rings. The van der Waals surface area contributed by atoms with Gasteiger partial charge in [-0.3, -0.25) is 0 Å². The Morgan fingerprint density at radius 1 is 1.33 bits per heavy atom. The van der Waals surface area contributed by atoms with E-state index in [4.69, 9.17) is 16.3 Å². The molecular weight excluding hydrogens is 255 g/mol. The monoisotopic (exact) mass is 266 g/mol. The van der Waals surface area contributed by atoms with Gasteiger partial charge in [-0.2, -0.15) is 0 Å². The average Bonchev–Trinajstić information content (AvgIpc) is 2.41. The lowest BCUT2D eigenvalue weighted by Gasteiger charge is -2.08. The molecule has 94 valence electrons. The van der Waals surface area contributed by atoms with Crippen LogP contribution < -0.4 is 10.1 Å². The Morgan fingerprint density at radius 2 is 2.17 bits per heavy atom. The SMILES string of the molecule is COc1ccc(NCc2cccc(F)c2Cl)cn1. The van der Waals surface area contributed by atoms with E-state index in [0.29, 0.717) is 18.0 Å². The Balaban J connectivity index is 2.04. The molecule has 1 heterocycles. The Kier molecular flexibility index (Phi) is 3.99. The minimum absolute atomic E-state index is 0.145. The lowest BCUT2D eigenvalue weighted by atomic mass is 10.2. The average molecular weight is 267 g/mol. The lowest BCUT2D eigenvalue weighted by Crippen LogP contribution is -2.01. The second-order valence-corrected chi connectivity index (χ2v) is 4.03. The highest BCUT2D eigenvalue weighted by Gasteiger charge is 2.05. The Labute approximate surface area is 110 Å². The van der Waals surface area contributed by atoms with Crippen molar-refractivity contribution in [3.63, 3.8) is 0 Å². The predicted octanol–water partition coefficient (Wildman–Crippen LogP) is 3.49. The molecule has 1 N–H and O–H groups in total. The topological polar surface area (TPSA) is 34.1 Å². The zero-order valence-electron chi connectivity index (χ0n) is 9.78. The van der Waals surface area contributed by atoms with E-state index in [-0.39, 0.29) is 5.02 Å². The van der Waals surface area contributed by atoms with E-state index in [2.05, 4.69) is 10.3 Å². The van der Waals surface area contributed by atoms with Gasteiger partial charge in [0.05, 0.1) is 24.0 Å². The highest BCUT2D eigenvalue weighted by molar-refractivity contribution is 6.31. The van der Waals surface area contributed by atoms with Crippen LogP contribution >= 0.6 is 11.6 Å². The van der Waals surface area contributed by atoms with E-state index < -0.39 is 5.82 Å². The van der Waals surface area contributed by atoms with Crippen LogP contribution in [0.1, 0.15) is 5.56 Å². The van der Waals surface area contributed by atoms with Gasteiger partial charge >= 0.3 is 0 Å². The molecule has 0 spiro atoms. The van der Waals surface area contributed by atoms with Gasteiger partial charge in [0.15, 0.2) is 0 Å². The van der Waals surface area contributed by atoms with Crippen molar-refractivity contribution in [3.05, 3.63) is 52.9 Å². The number of hydrogen-bond donors (Lipinski definition) is 1. The van der Waals surface area contributed by atoms with Gasteiger partial charge in [-0.15, -0.1) is 0 Å². The Bertz CT molecular complexity index is 531. The maximum atomic E-state index is 13.2. The molecule has 0 aliphatic carbocycles. The van der Waals surface area contributed by atoms with Gasteiger partial charge in [0.25, 0.3) is 0 Å². The van der Waals surface area contributed by atoms with E-state index in [1.807, 2.05) is 6.07 Å². The fourth-order valence-electron chi connectivity index (χ4n) is 1.49. The molecule has 3 nitrogen and oxygen atoms in total. The molecule has 0 radical (unpaired) electrons. The third-order valence-corrected chi connectivity index (χ3v) is 2.88. The molecule has 5 heteroatoms. The Morgan fingerprint density at radius 3 is 2.83 bits per heavy atom.